The highest BCUT2D eigenvalue weighted by atomic mass is 35.5. The van der Waals surface area contributed by atoms with E-state index < -0.39 is 5.82 Å². The highest BCUT2D eigenvalue weighted by Crippen LogP contribution is 2.28. The molecule has 1 saturated carbocycles. The summed E-state index contributed by atoms with van der Waals surface area (Å²) in [6.45, 7) is 0.571. The third-order valence-electron chi connectivity index (χ3n) is 3.22. The third-order valence-corrected chi connectivity index (χ3v) is 4.84. The van der Waals surface area contributed by atoms with E-state index in [9.17, 15) is 9.18 Å². The largest absolute Gasteiger partial charge is 0.351 e. The number of hydrogen-bond acceptors (Lipinski definition) is 2. The molecule has 1 aromatic carbocycles. The molecule has 0 aromatic heterocycles. The molecule has 0 spiro atoms. The minimum absolute atomic E-state index is 0.0512. The number of halogens is 2. The summed E-state index contributed by atoms with van der Waals surface area (Å²) >= 11 is 7.54. The van der Waals surface area contributed by atoms with Crippen molar-refractivity contribution in [2.24, 2.45) is 0 Å². The van der Waals surface area contributed by atoms with Gasteiger partial charge in [-0.25, -0.2) is 4.39 Å². The minimum Gasteiger partial charge on any atom is -0.351 e. The van der Waals surface area contributed by atoms with E-state index in [-0.39, 0.29) is 11.5 Å². The lowest BCUT2D eigenvalue weighted by molar-refractivity contribution is 0.0952. The number of carbonyl (C=O) groups excluding carboxylic acids is 1. The standard InChI is InChI=1S/C14H17ClFNOS/c15-10-5-6-12(13(16)9-10)14(18)17-7-8-19-11-3-1-2-4-11/h5-6,9,11H,1-4,7-8H2,(H,17,18). The van der Waals surface area contributed by atoms with Crippen molar-refractivity contribution in [1.29, 1.82) is 0 Å². The van der Waals surface area contributed by atoms with Gasteiger partial charge in [0.05, 0.1) is 5.56 Å². The molecule has 1 fully saturated rings. The summed E-state index contributed by atoms with van der Waals surface area (Å²) < 4.78 is 13.5. The highest BCUT2D eigenvalue weighted by molar-refractivity contribution is 7.99. The van der Waals surface area contributed by atoms with Gasteiger partial charge in [-0.05, 0) is 31.0 Å². The molecular weight excluding hydrogens is 285 g/mol. The maximum absolute atomic E-state index is 13.5. The van der Waals surface area contributed by atoms with Crippen LogP contribution in [0.25, 0.3) is 0 Å². The number of amides is 1. The summed E-state index contributed by atoms with van der Waals surface area (Å²) in [7, 11) is 0. The number of carbonyl (C=O) groups is 1. The molecule has 1 amide bonds. The van der Waals surface area contributed by atoms with Crippen LogP contribution in [0.4, 0.5) is 4.39 Å². The topological polar surface area (TPSA) is 29.1 Å². The molecular formula is C14H17ClFNOS. The molecule has 0 atom stereocenters. The Kier molecular flexibility index (Phi) is 5.52. The molecule has 0 radical (unpaired) electrons. The first-order valence-corrected chi connectivity index (χ1v) is 7.94. The molecule has 0 aliphatic heterocycles. The molecule has 5 heteroatoms. The Morgan fingerprint density at radius 1 is 1.42 bits per heavy atom. The van der Waals surface area contributed by atoms with Crippen molar-refractivity contribution in [2.75, 3.05) is 12.3 Å². The van der Waals surface area contributed by atoms with Crippen molar-refractivity contribution >= 4 is 29.3 Å². The van der Waals surface area contributed by atoms with Crippen LogP contribution < -0.4 is 5.32 Å². The first-order chi connectivity index (χ1) is 9.16. The van der Waals surface area contributed by atoms with Gasteiger partial charge in [0.25, 0.3) is 5.91 Å². The molecule has 0 unspecified atom stereocenters. The van der Waals surface area contributed by atoms with Gasteiger partial charge in [-0.2, -0.15) is 11.8 Å². The van der Waals surface area contributed by atoms with Crippen LogP contribution in [0.15, 0.2) is 18.2 Å². The summed E-state index contributed by atoms with van der Waals surface area (Å²) in [6, 6.07) is 4.09. The molecule has 0 bridgehead atoms. The lowest BCUT2D eigenvalue weighted by Crippen LogP contribution is -2.27. The van der Waals surface area contributed by atoms with Crippen molar-refractivity contribution in [1.82, 2.24) is 5.32 Å². The summed E-state index contributed by atoms with van der Waals surface area (Å²) in [5.74, 6) is -0.0688. The van der Waals surface area contributed by atoms with Crippen LogP contribution in [0.3, 0.4) is 0 Å². The Hall–Kier alpha value is -0.740. The SMILES string of the molecule is O=C(NCCSC1CCCC1)c1ccc(Cl)cc1F. The van der Waals surface area contributed by atoms with E-state index >= 15 is 0 Å². The second-order valence-corrected chi connectivity index (χ2v) is 6.50. The van der Waals surface area contributed by atoms with Gasteiger partial charge >= 0.3 is 0 Å². The number of nitrogens with one attached hydrogen (secondary N) is 1. The second-order valence-electron chi connectivity index (χ2n) is 4.66. The molecule has 2 nitrogen and oxygen atoms in total. The molecule has 104 valence electrons. The summed E-state index contributed by atoms with van der Waals surface area (Å²) in [5, 5.41) is 3.78. The van der Waals surface area contributed by atoms with Crippen molar-refractivity contribution in [3.63, 3.8) is 0 Å². The van der Waals surface area contributed by atoms with Crippen molar-refractivity contribution in [2.45, 2.75) is 30.9 Å². The van der Waals surface area contributed by atoms with E-state index in [0.29, 0.717) is 11.6 Å². The number of hydrogen-bond donors (Lipinski definition) is 1. The molecule has 1 aliphatic carbocycles. The maximum Gasteiger partial charge on any atom is 0.254 e. The van der Waals surface area contributed by atoms with E-state index in [0.717, 1.165) is 17.1 Å². The van der Waals surface area contributed by atoms with Gasteiger partial charge in [0.2, 0.25) is 0 Å². The van der Waals surface area contributed by atoms with Crippen LogP contribution in [-0.4, -0.2) is 23.5 Å². The molecule has 0 saturated heterocycles. The lowest BCUT2D eigenvalue weighted by atomic mass is 10.2. The quantitative estimate of drug-likeness (QED) is 0.836. The fourth-order valence-electron chi connectivity index (χ4n) is 2.21. The normalized spacial score (nSPS) is 15.7. The zero-order chi connectivity index (χ0) is 13.7. The molecule has 19 heavy (non-hydrogen) atoms. The molecule has 1 aliphatic rings. The Morgan fingerprint density at radius 3 is 2.84 bits per heavy atom. The third kappa shape index (κ3) is 4.39. The van der Waals surface area contributed by atoms with Crippen LogP contribution in [0.1, 0.15) is 36.0 Å². The maximum atomic E-state index is 13.5. The summed E-state index contributed by atoms with van der Waals surface area (Å²) in [4.78, 5) is 11.8. The van der Waals surface area contributed by atoms with Crippen LogP contribution >= 0.6 is 23.4 Å². The van der Waals surface area contributed by atoms with Crippen molar-refractivity contribution in [3.8, 4) is 0 Å². The number of benzene rings is 1. The Morgan fingerprint density at radius 2 is 2.16 bits per heavy atom. The van der Waals surface area contributed by atoms with Gasteiger partial charge in [-0.3, -0.25) is 4.79 Å². The number of thioether (sulfide) groups is 1. The van der Waals surface area contributed by atoms with Crippen molar-refractivity contribution < 1.29 is 9.18 Å². The Labute approximate surface area is 122 Å². The zero-order valence-corrected chi connectivity index (χ0v) is 12.2. The van der Waals surface area contributed by atoms with Crippen molar-refractivity contribution in [3.05, 3.63) is 34.6 Å². The monoisotopic (exact) mass is 301 g/mol. The van der Waals surface area contributed by atoms with E-state index in [1.165, 1.54) is 37.8 Å². The van der Waals surface area contributed by atoms with E-state index in [4.69, 9.17) is 11.6 Å². The molecule has 1 aromatic rings. The minimum atomic E-state index is -0.576. The number of rotatable bonds is 5. The average Bonchev–Trinajstić information content (AvgIpc) is 2.87. The van der Waals surface area contributed by atoms with Crippen LogP contribution in [0, 0.1) is 5.82 Å². The van der Waals surface area contributed by atoms with Gasteiger partial charge < -0.3 is 5.32 Å². The summed E-state index contributed by atoms with van der Waals surface area (Å²) in [6.07, 6.45) is 5.20. The van der Waals surface area contributed by atoms with E-state index in [2.05, 4.69) is 5.32 Å². The first kappa shape index (κ1) is 14.7. The van der Waals surface area contributed by atoms with Gasteiger partial charge in [0.1, 0.15) is 5.82 Å². The lowest BCUT2D eigenvalue weighted by Gasteiger charge is -2.09. The van der Waals surface area contributed by atoms with Gasteiger partial charge in [-0.15, -0.1) is 0 Å². The molecule has 2 rings (SSSR count). The second kappa shape index (κ2) is 7.15. The molecule has 1 N–H and O–H groups in total. The highest BCUT2D eigenvalue weighted by Gasteiger charge is 2.15. The smallest absolute Gasteiger partial charge is 0.254 e. The molecule has 0 heterocycles. The predicted molar refractivity (Wildman–Crippen MR) is 78.5 cm³/mol. The fraction of sp³-hybridized carbons (Fsp3) is 0.500. The van der Waals surface area contributed by atoms with Crippen LogP contribution in [-0.2, 0) is 0 Å². The summed E-state index contributed by atoms with van der Waals surface area (Å²) in [5.41, 5.74) is 0.0512. The van der Waals surface area contributed by atoms with Gasteiger partial charge in [0, 0.05) is 22.6 Å². The van der Waals surface area contributed by atoms with Gasteiger partial charge in [-0.1, -0.05) is 24.4 Å². The fourth-order valence-corrected chi connectivity index (χ4v) is 3.59. The average molecular weight is 302 g/mol. The Bertz CT molecular complexity index is 449. The van der Waals surface area contributed by atoms with Crippen LogP contribution in [0.5, 0.6) is 0 Å². The predicted octanol–water partition coefficient (Wildman–Crippen LogP) is 3.88. The first-order valence-electron chi connectivity index (χ1n) is 6.51. The van der Waals surface area contributed by atoms with Gasteiger partial charge in [0.15, 0.2) is 0 Å². The zero-order valence-electron chi connectivity index (χ0n) is 10.6. The van der Waals surface area contributed by atoms with Crippen LogP contribution in [0.2, 0.25) is 5.02 Å². The van der Waals surface area contributed by atoms with E-state index in [1.807, 2.05) is 11.8 Å². The van der Waals surface area contributed by atoms with E-state index in [1.54, 1.807) is 0 Å². The Balaban J connectivity index is 1.74.